The highest BCUT2D eigenvalue weighted by Crippen LogP contribution is 2.25. The Bertz CT molecular complexity index is 361. The molecule has 0 radical (unpaired) electrons. The van der Waals surface area contributed by atoms with E-state index in [1.54, 1.807) is 0 Å². The fourth-order valence-electron chi connectivity index (χ4n) is 2.22. The van der Waals surface area contributed by atoms with Crippen LogP contribution in [0.15, 0.2) is 22.7 Å². The molecule has 1 N–H and O–H groups in total. The molecule has 0 bridgehead atoms. The van der Waals surface area contributed by atoms with E-state index in [4.69, 9.17) is 4.74 Å². The number of hydrogen-bond acceptors (Lipinski definition) is 2. The van der Waals surface area contributed by atoms with E-state index in [1.807, 2.05) is 0 Å². The van der Waals surface area contributed by atoms with Gasteiger partial charge in [0, 0.05) is 4.47 Å². The van der Waals surface area contributed by atoms with Gasteiger partial charge in [-0.2, -0.15) is 0 Å². The number of piperidine rings is 1. The summed E-state index contributed by atoms with van der Waals surface area (Å²) in [6.07, 6.45) is 3.48. The highest BCUT2D eigenvalue weighted by Gasteiger charge is 2.14. The highest BCUT2D eigenvalue weighted by molar-refractivity contribution is 9.10. The smallest absolute Gasteiger partial charge is 0.122 e. The van der Waals surface area contributed by atoms with Crippen LogP contribution >= 0.6 is 15.9 Å². The van der Waals surface area contributed by atoms with Gasteiger partial charge >= 0.3 is 0 Å². The third-order valence-corrected chi connectivity index (χ3v) is 3.83. The van der Waals surface area contributed by atoms with Crippen molar-refractivity contribution in [1.29, 1.82) is 0 Å². The van der Waals surface area contributed by atoms with E-state index in [-0.39, 0.29) is 0 Å². The predicted molar refractivity (Wildman–Crippen MR) is 74.6 cm³/mol. The van der Waals surface area contributed by atoms with Crippen molar-refractivity contribution in [2.75, 3.05) is 19.7 Å². The van der Waals surface area contributed by atoms with E-state index in [0.717, 1.165) is 36.3 Å². The minimum atomic E-state index is 0.713. The largest absolute Gasteiger partial charge is 0.493 e. The Kier molecular flexibility index (Phi) is 4.86. The van der Waals surface area contributed by atoms with Gasteiger partial charge in [0.25, 0.3) is 0 Å². The number of rotatable bonds is 4. The zero-order chi connectivity index (χ0) is 12.1. The Balaban J connectivity index is 1.93. The van der Waals surface area contributed by atoms with Crippen molar-refractivity contribution in [3.8, 4) is 5.75 Å². The second kappa shape index (κ2) is 6.41. The van der Waals surface area contributed by atoms with Crippen LogP contribution in [0.3, 0.4) is 0 Å². The van der Waals surface area contributed by atoms with E-state index < -0.39 is 0 Å². The van der Waals surface area contributed by atoms with Crippen molar-refractivity contribution >= 4 is 15.9 Å². The molecule has 1 fully saturated rings. The normalized spacial score (nSPS) is 17.1. The van der Waals surface area contributed by atoms with Crippen molar-refractivity contribution in [1.82, 2.24) is 5.32 Å². The molecule has 2 nitrogen and oxygen atoms in total. The van der Waals surface area contributed by atoms with Crippen molar-refractivity contribution in [2.24, 2.45) is 5.92 Å². The minimum Gasteiger partial charge on any atom is -0.493 e. The SMILES string of the molecule is CCc1cc(Br)ccc1OCC1CCNCC1. The molecular formula is C14H20BrNO. The fraction of sp³-hybridized carbons (Fsp3) is 0.571. The van der Waals surface area contributed by atoms with Gasteiger partial charge < -0.3 is 10.1 Å². The zero-order valence-electron chi connectivity index (χ0n) is 10.3. The van der Waals surface area contributed by atoms with Crippen molar-refractivity contribution in [3.63, 3.8) is 0 Å². The maximum absolute atomic E-state index is 5.97. The van der Waals surface area contributed by atoms with Gasteiger partial charge in [0.1, 0.15) is 5.75 Å². The summed E-state index contributed by atoms with van der Waals surface area (Å²) in [4.78, 5) is 0. The van der Waals surface area contributed by atoms with Crippen molar-refractivity contribution < 1.29 is 4.74 Å². The van der Waals surface area contributed by atoms with Crippen LogP contribution in [0.25, 0.3) is 0 Å². The summed E-state index contributed by atoms with van der Waals surface area (Å²) in [5.74, 6) is 1.76. The molecule has 0 unspecified atom stereocenters. The summed E-state index contributed by atoms with van der Waals surface area (Å²) >= 11 is 3.50. The molecule has 3 heteroatoms. The van der Waals surface area contributed by atoms with Crippen LogP contribution in [0.1, 0.15) is 25.3 Å². The van der Waals surface area contributed by atoms with E-state index in [2.05, 4.69) is 46.4 Å². The molecule has 1 aromatic carbocycles. The maximum atomic E-state index is 5.97. The van der Waals surface area contributed by atoms with E-state index in [0.29, 0.717) is 5.92 Å². The van der Waals surface area contributed by atoms with Gasteiger partial charge in [0.15, 0.2) is 0 Å². The third-order valence-electron chi connectivity index (χ3n) is 3.34. The van der Waals surface area contributed by atoms with E-state index in [9.17, 15) is 0 Å². The first-order chi connectivity index (χ1) is 8.29. The number of benzene rings is 1. The molecule has 0 saturated carbocycles. The third kappa shape index (κ3) is 3.71. The fourth-order valence-corrected chi connectivity index (χ4v) is 2.63. The summed E-state index contributed by atoms with van der Waals surface area (Å²) in [6, 6.07) is 6.28. The van der Waals surface area contributed by atoms with Crippen LogP contribution in [-0.4, -0.2) is 19.7 Å². The van der Waals surface area contributed by atoms with Crippen molar-refractivity contribution in [2.45, 2.75) is 26.2 Å². The van der Waals surface area contributed by atoms with E-state index in [1.165, 1.54) is 18.4 Å². The lowest BCUT2D eigenvalue weighted by molar-refractivity contribution is 0.214. The molecule has 2 rings (SSSR count). The Morgan fingerprint density at radius 1 is 1.35 bits per heavy atom. The Labute approximate surface area is 112 Å². The highest BCUT2D eigenvalue weighted by atomic mass is 79.9. The molecular weight excluding hydrogens is 278 g/mol. The second-order valence-corrected chi connectivity index (χ2v) is 5.53. The molecule has 0 spiro atoms. The number of aryl methyl sites for hydroxylation is 1. The first-order valence-corrected chi connectivity index (χ1v) is 7.21. The molecule has 1 saturated heterocycles. The minimum absolute atomic E-state index is 0.713. The monoisotopic (exact) mass is 297 g/mol. The molecule has 1 aliphatic heterocycles. The average molecular weight is 298 g/mol. The van der Waals surface area contributed by atoms with Crippen LogP contribution in [0.2, 0.25) is 0 Å². The maximum Gasteiger partial charge on any atom is 0.122 e. The lowest BCUT2D eigenvalue weighted by Gasteiger charge is -2.23. The Hall–Kier alpha value is -0.540. The Morgan fingerprint density at radius 2 is 2.12 bits per heavy atom. The molecule has 0 atom stereocenters. The second-order valence-electron chi connectivity index (χ2n) is 4.61. The first-order valence-electron chi connectivity index (χ1n) is 6.41. The number of halogens is 1. The number of nitrogens with one attached hydrogen (secondary N) is 1. The average Bonchev–Trinajstić information content (AvgIpc) is 2.38. The number of hydrogen-bond donors (Lipinski definition) is 1. The van der Waals surface area contributed by atoms with Crippen LogP contribution in [0.4, 0.5) is 0 Å². The summed E-state index contributed by atoms with van der Waals surface area (Å²) in [5.41, 5.74) is 1.29. The lowest BCUT2D eigenvalue weighted by atomic mass is 9.99. The molecule has 0 aromatic heterocycles. The van der Waals surface area contributed by atoms with Gasteiger partial charge in [0.2, 0.25) is 0 Å². The van der Waals surface area contributed by atoms with Crippen LogP contribution in [0.5, 0.6) is 5.75 Å². The zero-order valence-corrected chi connectivity index (χ0v) is 11.9. The Morgan fingerprint density at radius 3 is 2.82 bits per heavy atom. The molecule has 1 aliphatic rings. The molecule has 1 heterocycles. The van der Waals surface area contributed by atoms with Gasteiger partial charge in [-0.1, -0.05) is 22.9 Å². The summed E-state index contributed by atoms with van der Waals surface area (Å²) in [7, 11) is 0. The molecule has 0 aliphatic carbocycles. The molecule has 94 valence electrons. The van der Waals surface area contributed by atoms with E-state index >= 15 is 0 Å². The van der Waals surface area contributed by atoms with Gasteiger partial charge in [-0.15, -0.1) is 0 Å². The van der Waals surface area contributed by atoms with Crippen molar-refractivity contribution in [3.05, 3.63) is 28.2 Å². The quantitative estimate of drug-likeness (QED) is 0.920. The molecule has 0 amide bonds. The summed E-state index contributed by atoms with van der Waals surface area (Å²) in [5, 5.41) is 3.38. The molecule has 1 aromatic rings. The van der Waals surface area contributed by atoms with Gasteiger partial charge in [-0.05, 0) is 62.0 Å². The lowest BCUT2D eigenvalue weighted by Crippen LogP contribution is -2.30. The molecule has 17 heavy (non-hydrogen) atoms. The standard InChI is InChI=1S/C14H20BrNO/c1-2-12-9-13(15)3-4-14(12)17-10-11-5-7-16-8-6-11/h3-4,9,11,16H,2,5-8,10H2,1H3. The first kappa shape index (κ1) is 12.9. The summed E-state index contributed by atoms with van der Waals surface area (Å²) in [6.45, 7) is 5.29. The topological polar surface area (TPSA) is 21.3 Å². The van der Waals surface area contributed by atoms with Gasteiger partial charge in [-0.25, -0.2) is 0 Å². The predicted octanol–water partition coefficient (Wildman–Crippen LogP) is 3.39. The van der Waals surface area contributed by atoms with Crippen LogP contribution < -0.4 is 10.1 Å². The van der Waals surface area contributed by atoms with Crippen LogP contribution in [-0.2, 0) is 6.42 Å². The van der Waals surface area contributed by atoms with Crippen LogP contribution in [0, 0.1) is 5.92 Å². The van der Waals surface area contributed by atoms with Gasteiger partial charge in [-0.3, -0.25) is 0 Å². The van der Waals surface area contributed by atoms with Gasteiger partial charge in [0.05, 0.1) is 6.61 Å². The number of ether oxygens (including phenoxy) is 1. The summed E-state index contributed by atoms with van der Waals surface area (Å²) < 4.78 is 7.10.